The fourth-order valence-corrected chi connectivity index (χ4v) is 3.80. The summed E-state index contributed by atoms with van der Waals surface area (Å²) in [6.07, 6.45) is 0. The summed E-state index contributed by atoms with van der Waals surface area (Å²) in [6, 6.07) is 15.0. The molecule has 0 saturated heterocycles. The van der Waals surface area contributed by atoms with Crippen molar-refractivity contribution >= 4 is 50.3 Å². The zero-order valence-electron chi connectivity index (χ0n) is 15.7. The maximum Gasteiger partial charge on any atom is 0.234 e. The highest BCUT2D eigenvalue weighted by molar-refractivity contribution is 9.10. The first kappa shape index (κ1) is 19.5. The van der Waals surface area contributed by atoms with E-state index >= 15 is 0 Å². The largest absolute Gasteiger partial charge is 0.493 e. The Morgan fingerprint density at radius 3 is 2.79 bits per heavy atom. The first-order chi connectivity index (χ1) is 14.0. The lowest BCUT2D eigenvalue weighted by Crippen LogP contribution is -2.14. The number of nitrogens with zero attached hydrogens (tertiary/aromatic N) is 3. The van der Waals surface area contributed by atoms with Crippen LogP contribution in [0.2, 0.25) is 0 Å². The molecule has 4 aromatic rings. The van der Waals surface area contributed by atoms with Crippen LogP contribution in [0.3, 0.4) is 0 Å². The summed E-state index contributed by atoms with van der Waals surface area (Å²) in [5.41, 5.74) is 1.41. The molecule has 2 aromatic carbocycles. The number of nitrogens with one attached hydrogen (secondary N) is 1. The van der Waals surface area contributed by atoms with Gasteiger partial charge in [0.25, 0.3) is 0 Å². The second kappa shape index (κ2) is 8.30. The van der Waals surface area contributed by atoms with Gasteiger partial charge >= 0.3 is 0 Å². The van der Waals surface area contributed by atoms with E-state index in [0.717, 1.165) is 15.5 Å². The Kier molecular flexibility index (Phi) is 5.59. The van der Waals surface area contributed by atoms with Crippen LogP contribution in [0.4, 0.5) is 5.69 Å². The number of hydrogen-bond acceptors (Lipinski definition) is 6. The highest BCUT2D eigenvalue weighted by Gasteiger charge is 2.17. The molecule has 0 spiro atoms. The molecule has 0 bridgehead atoms. The molecule has 0 atom stereocenters. The highest BCUT2D eigenvalue weighted by Crippen LogP contribution is 2.33. The Labute approximate surface area is 179 Å². The number of hydrogen-bond donors (Lipinski definition) is 1. The number of ether oxygens (including phenoxy) is 1. The molecule has 0 aliphatic carbocycles. The monoisotopic (exact) mass is 472 g/mol. The van der Waals surface area contributed by atoms with E-state index in [9.17, 15) is 4.79 Å². The van der Waals surface area contributed by atoms with Crippen molar-refractivity contribution in [2.75, 3.05) is 18.2 Å². The Morgan fingerprint density at radius 2 is 2.03 bits per heavy atom. The topological polar surface area (TPSA) is 82.2 Å². The minimum absolute atomic E-state index is 0.115. The van der Waals surface area contributed by atoms with Crippen molar-refractivity contribution in [3.63, 3.8) is 0 Å². The van der Waals surface area contributed by atoms with E-state index in [1.54, 1.807) is 7.11 Å². The van der Waals surface area contributed by atoms with Gasteiger partial charge in [0, 0.05) is 22.6 Å². The Balaban J connectivity index is 1.47. The van der Waals surface area contributed by atoms with E-state index in [-0.39, 0.29) is 11.7 Å². The lowest BCUT2D eigenvalue weighted by molar-refractivity contribution is -0.113. The second-order valence-electron chi connectivity index (χ2n) is 6.20. The van der Waals surface area contributed by atoms with Gasteiger partial charge in [-0.2, -0.15) is 0 Å². The molecule has 0 unspecified atom stereocenters. The average molecular weight is 473 g/mol. The van der Waals surface area contributed by atoms with Gasteiger partial charge in [0.1, 0.15) is 0 Å². The number of rotatable bonds is 6. The zero-order valence-corrected chi connectivity index (χ0v) is 18.1. The summed E-state index contributed by atoms with van der Waals surface area (Å²) < 4.78 is 14.1. The van der Waals surface area contributed by atoms with Crippen LogP contribution in [0.1, 0.15) is 0 Å². The molecule has 0 saturated carbocycles. The highest BCUT2D eigenvalue weighted by atomic mass is 79.9. The quantitative estimate of drug-likeness (QED) is 0.408. The molecule has 0 fully saturated rings. The van der Waals surface area contributed by atoms with E-state index in [2.05, 4.69) is 31.4 Å². The van der Waals surface area contributed by atoms with Crippen molar-refractivity contribution in [2.45, 2.75) is 5.16 Å². The first-order valence-corrected chi connectivity index (χ1v) is 10.5. The summed E-state index contributed by atoms with van der Waals surface area (Å²) in [5, 5.41) is 12.8. The number of furan rings is 1. The molecule has 7 nitrogen and oxygen atoms in total. The van der Waals surface area contributed by atoms with Crippen molar-refractivity contribution in [3.05, 3.63) is 53.0 Å². The van der Waals surface area contributed by atoms with Crippen LogP contribution >= 0.6 is 27.7 Å². The lowest BCUT2D eigenvalue weighted by Gasteiger charge is -2.05. The second-order valence-corrected chi connectivity index (χ2v) is 8.06. The number of methoxy groups -OCH3 is 1. The summed E-state index contributed by atoms with van der Waals surface area (Å²) in [4.78, 5) is 12.2. The average Bonchev–Trinajstić information content (AvgIpc) is 3.31. The van der Waals surface area contributed by atoms with Crippen LogP contribution in [0, 0.1) is 0 Å². The molecule has 1 amide bonds. The third-order valence-electron chi connectivity index (χ3n) is 4.24. The zero-order chi connectivity index (χ0) is 20.4. The molecule has 1 N–H and O–H groups in total. The van der Waals surface area contributed by atoms with Crippen LogP contribution in [0.25, 0.3) is 22.6 Å². The summed E-state index contributed by atoms with van der Waals surface area (Å²) >= 11 is 4.68. The third kappa shape index (κ3) is 4.15. The molecule has 148 valence electrons. The maximum atomic E-state index is 12.2. The number of benzene rings is 2. The van der Waals surface area contributed by atoms with E-state index in [4.69, 9.17) is 9.15 Å². The van der Waals surface area contributed by atoms with Gasteiger partial charge in [-0.15, -0.1) is 10.2 Å². The molecule has 0 aliphatic heterocycles. The number of aromatic nitrogens is 3. The predicted octanol–water partition coefficient (Wildman–Crippen LogP) is 4.73. The minimum atomic E-state index is -0.115. The summed E-state index contributed by atoms with van der Waals surface area (Å²) in [5.74, 6) is 1.94. The number of anilines is 1. The van der Waals surface area contributed by atoms with E-state index in [0.29, 0.717) is 28.1 Å². The standard InChI is InChI=1S/C20H17BrN4O3S/c1-25-19(16-10-12-4-3-5-15(27-2)18(12)28-16)23-24-20(25)29-11-17(26)22-14-8-6-13(21)7-9-14/h3-10H,11H2,1-2H3,(H,22,26). The molecule has 0 aliphatic rings. The maximum absolute atomic E-state index is 12.2. The Morgan fingerprint density at radius 1 is 1.24 bits per heavy atom. The molecular weight excluding hydrogens is 456 g/mol. The van der Waals surface area contributed by atoms with E-state index in [1.165, 1.54) is 11.8 Å². The first-order valence-electron chi connectivity index (χ1n) is 8.69. The third-order valence-corrected chi connectivity index (χ3v) is 5.79. The van der Waals surface area contributed by atoms with Crippen molar-refractivity contribution in [1.82, 2.24) is 14.8 Å². The van der Waals surface area contributed by atoms with Gasteiger partial charge in [0.2, 0.25) is 5.91 Å². The number of thioether (sulfide) groups is 1. The molecule has 29 heavy (non-hydrogen) atoms. The van der Waals surface area contributed by atoms with E-state index in [1.807, 2.05) is 60.1 Å². The lowest BCUT2D eigenvalue weighted by atomic mass is 10.2. The number of halogens is 1. The van der Waals surface area contributed by atoms with Crippen molar-refractivity contribution in [1.29, 1.82) is 0 Å². The van der Waals surface area contributed by atoms with Crippen LogP contribution in [-0.2, 0) is 11.8 Å². The SMILES string of the molecule is COc1cccc2cc(-c3nnc(SCC(=O)Nc4ccc(Br)cc4)n3C)oc12. The van der Waals surface area contributed by atoms with Crippen molar-refractivity contribution in [3.8, 4) is 17.3 Å². The van der Waals surface area contributed by atoms with Gasteiger partial charge in [0.05, 0.1) is 12.9 Å². The summed E-state index contributed by atoms with van der Waals surface area (Å²) in [7, 11) is 3.45. The number of para-hydroxylation sites is 1. The van der Waals surface area contributed by atoms with E-state index < -0.39 is 0 Å². The van der Waals surface area contributed by atoms with Crippen LogP contribution in [0.5, 0.6) is 5.75 Å². The van der Waals surface area contributed by atoms with Crippen LogP contribution in [-0.4, -0.2) is 33.5 Å². The molecule has 9 heteroatoms. The molecule has 4 rings (SSSR count). The number of fused-ring (bicyclic) bond motifs is 1. The number of carbonyl (C=O) groups excluding carboxylic acids is 1. The Hall–Kier alpha value is -2.78. The fraction of sp³-hybridized carbons (Fsp3) is 0.150. The van der Waals surface area contributed by atoms with Crippen molar-refractivity contribution < 1.29 is 13.9 Å². The smallest absolute Gasteiger partial charge is 0.234 e. The predicted molar refractivity (Wildman–Crippen MR) is 116 cm³/mol. The van der Waals surface area contributed by atoms with Crippen molar-refractivity contribution in [2.24, 2.45) is 7.05 Å². The minimum Gasteiger partial charge on any atom is -0.493 e. The molecule has 0 radical (unpaired) electrons. The molecule has 2 heterocycles. The van der Waals surface area contributed by atoms with Gasteiger partial charge < -0.3 is 19.0 Å². The Bertz CT molecular complexity index is 1170. The number of carbonyl (C=O) groups is 1. The molecular formula is C20H17BrN4O3S. The summed E-state index contributed by atoms with van der Waals surface area (Å²) in [6.45, 7) is 0. The normalized spacial score (nSPS) is 11.0. The van der Waals surface area contributed by atoms with Crippen LogP contribution in [0.15, 0.2) is 62.6 Å². The van der Waals surface area contributed by atoms with Gasteiger partial charge in [-0.3, -0.25) is 4.79 Å². The fourth-order valence-electron chi connectivity index (χ4n) is 2.82. The van der Waals surface area contributed by atoms with Crippen LogP contribution < -0.4 is 10.1 Å². The molecule has 2 aromatic heterocycles. The van der Waals surface area contributed by atoms with Gasteiger partial charge in [-0.05, 0) is 36.4 Å². The van der Waals surface area contributed by atoms with Gasteiger partial charge in [-0.25, -0.2) is 0 Å². The van der Waals surface area contributed by atoms with Gasteiger partial charge in [0.15, 0.2) is 28.1 Å². The van der Waals surface area contributed by atoms with Gasteiger partial charge in [-0.1, -0.05) is 39.8 Å². The number of amides is 1.